The van der Waals surface area contributed by atoms with Crippen molar-refractivity contribution in [1.82, 2.24) is 4.98 Å². The van der Waals surface area contributed by atoms with E-state index < -0.39 is 32.6 Å². The van der Waals surface area contributed by atoms with E-state index in [-0.39, 0.29) is 22.6 Å². The summed E-state index contributed by atoms with van der Waals surface area (Å²) >= 11 is 0. The topological polar surface area (TPSA) is 106 Å². The molecule has 0 saturated heterocycles. The lowest BCUT2D eigenvalue weighted by Crippen LogP contribution is -2.16. The minimum absolute atomic E-state index is 0.151. The van der Waals surface area contributed by atoms with E-state index in [4.69, 9.17) is 9.84 Å². The summed E-state index contributed by atoms with van der Waals surface area (Å²) in [5.74, 6) is -1.55. The van der Waals surface area contributed by atoms with Gasteiger partial charge in [0.05, 0.1) is 23.9 Å². The smallest absolute Gasteiger partial charge is 0.416 e. The van der Waals surface area contributed by atoms with E-state index in [2.05, 4.69) is 9.71 Å². The van der Waals surface area contributed by atoms with Crippen LogP contribution in [-0.4, -0.2) is 31.6 Å². The van der Waals surface area contributed by atoms with Crippen LogP contribution in [0.25, 0.3) is 11.1 Å². The number of nitrogens with one attached hydrogen (secondary N) is 1. The SMILES string of the molecule is COc1ccc(C(=O)O)cc1S(=O)(=O)Nc1cc(C(F)(F)F)ccc1-c1cccnc1. The minimum Gasteiger partial charge on any atom is -0.495 e. The third-order valence-electron chi connectivity index (χ3n) is 4.26. The van der Waals surface area contributed by atoms with Gasteiger partial charge in [-0.15, -0.1) is 0 Å². The molecule has 1 aromatic heterocycles. The summed E-state index contributed by atoms with van der Waals surface area (Å²) in [5, 5.41) is 9.16. The highest BCUT2D eigenvalue weighted by molar-refractivity contribution is 7.92. The molecule has 1 heterocycles. The Morgan fingerprint density at radius 3 is 2.45 bits per heavy atom. The van der Waals surface area contributed by atoms with Gasteiger partial charge in [-0.2, -0.15) is 13.2 Å². The molecule has 2 aromatic carbocycles. The van der Waals surface area contributed by atoms with Gasteiger partial charge in [-0.3, -0.25) is 9.71 Å². The van der Waals surface area contributed by atoms with E-state index >= 15 is 0 Å². The first-order chi connectivity index (χ1) is 14.5. The second-order valence-electron chi connectivity index (χ2n) is 6.28. The van der Waals surface area contributed by atoms with Gasteiger partial charge in [0.25, 0.3) is 10.0 Å². The lowest BCUT2D eigenvalue weighted by Gasteiger charge is -2.17. The number of rotatable bonds is 6. The average Bonchev–Trinajstić information content (AvgIpc) is 2.73. The zero-order chi connectivity index (χ0) is 22.8. The molecular formula is C20H15F3N2O5S. The van der Waals surface area contributed by atoms with Crippen molar-refractivity contribution in [3.8, 4) is 16.9 Å². The Morgan fingerprint density at radius 1 is 1.13 bits per heavy atom. The normalized spacial score (nSPS) is 11.7. The first-order valence-electron chi connectivity index (χ1n) is 8.59. The molecule has 31 heavy (non-hydrogen) atoms. The van der Waals surface area contributed by atoms with Crippen LogP contribution in [0.3, 0.4) is 0 Å². The quantitative estimate of drug-likeness (QED) is 0.579. The number of methoxy groups -OCH3 is 1. The maximum absolute atomic E-state index is 13.2. The second-order valence-corrected chi connectivity index (χ2v) is 7.93. The van der Waals surface area contributed by atoms with E-state index in [1.54, 1.807) is 12.1 Å². The number of aromatic nitrogens is 1. The number of halogens is 3. The van der Waals surface area contributed by atoms with Crippen LogP contribution in [-0.2, 0) is 16.2 Å². The number of aromatic carboxylic acids is 1. The molecule has 0 spiro atoms. The number of sulfonamides is 1. The van der Waals surface area contributed by atoms with Crippen molar-refractivity contribution in [1.29, 1.82) is 0 Å². The number of pyridine rings is 1. The van der Waals surface area contributed by atoms with Crippen molar-refractivity contribution >= 4 is 21.7 Å². The molecule has 0 aliphatic carbocycles. The average molecular weight is 452 g/mol. The van der Waals surface area contributed by atoms with Crippen molar-refractivity contribution in [3.05, 3.63) is 72.1 Å². The summed E-state index contributed by atoms with van der Waals surface area (Å²) in [7, 11) is -3.35. The van der Waals surface area contributed by atoms with Gasteiger partial charge < -0.3 is 9.84 Å². The van der Waals surface area contributed by atoms with Crippen LogP contribution in [0.4, 0.5) is 18.9 Å². The van der Waals surface area contributed by atoms with Crippen LogP contribution in [0.15, 0.2) is 65.8 Å². The number of nitrogens with zero attached hydrogens (tertiary/aromatic N) is 1. The Morgan fingerprint density at radius 2 is 1.87 bits per heavy atom. The predicted octanol–water partition coefficient (Wildman–Crippen LogP) is 4.28. The Kier molecular flexibility index (Phi) is 5.89. The molecule has 7 nitrogen and oxygen atoms in total. The molecule has 11 heteroatoms. The van der Waals surface area contributed by atoms with E-state index in [1.807, 2.05) is 0 Å². The summed E-state index contributed by atoms with van der Waals surface area (Å²) in [6.07, 6.45) is -1.89. The summed E-state index contributed by atoms with van der Waals surface area (Å²) in [4.78, 5) is 14.6. The first kappa shape index (κ1) is 22.1. The third kappa shape index (κ3) is 4.77. The van der Waals surface area contributed by atoms with Gasteiger partial charge in [0.1, 0.15) is 10.6 Å². The lowest BCUT2D eigenvalue weighted by molar-refractivity contribution is -0.137. The van der Waals surface area contributed by atoms with Gasteiger partial charge in [0.15, 0.2) is 0 Å². The standard InChI is InChI=1S/C20H15F3N2O5S/c1-30-17-7-4-12(19(26)27)9-18(17)31(28,29)25-16-10-14(20(21,22)23)5-6-15(16)13-3-2-8-24-11-13/h2-11,25H,1H3,(H,26,27). The van der Waals surface area contributed by atoms with Crippen molar-refractivity contribution in [3.63, 3.8) is 0 Å². The number of hydrogen-bond acceptors (Lipinski definition) is 5. The highest BCUT2D eigenvalue weighted by atomic mass is 32.2. The molecule has 0 fully saturated rings. The summed E-state index contributed by atoms with van der Waals surface area (Å²) in [5.41, 5.74) is -1.23. The Balaban J connectivity index is 2.17. The van der Waals surface area contributed by atoms with E-state index in [0.717, 1.165) is 30.3 Å². The van der Waals surface area contributed by atoms with Gasteiger partial charge in [0.2, 0.25) is 0 Å². The summed E-state index contributed by atoms with van der Waals surface area (Å²) in [6, 6.07) is 8.87. The molecule has 162 valence electrons. The number of carbonyl (C=O) groups is 1. The van der Waals surface area contributed by atoms with Crippen molar-refractivity contribution in [2.75, 3.05) is 11.8 Å². The summed E-state index contributed by atoms with van der Waals surface area (Å²) in [6.45, 7) is 0. The van der Waals surface area contributed by atoms with Crippen molar-refractivity contribution in [2.45, 2.75) is 11.1 Å². The number of benzene rings is 2. The Labute approximate surface area is 175 Å². The highest BCUT2D eigenvalue weighted by Crippen LogP contribution is 2.37. The fourth-order valence-corrected chi connectivity index (χ4v) is 4.07. The molecule has 0 amide bonds. The second kappa shape index (κ2) is 8.26. The van der Waals surface area contributed by atoms with Gasteiger partial charge >= 0.3 is 12.1 Å². The number of hydrogen-bond donors (Lipinski definition) is 2. The van der Waals surface area contributed by atoms with Gasteiger partial charge in [0, 0.05) is 23.5 Å². The highest BCUT2D eigenvalue weighted by Gasteiger charge is 2.32. The molecular weight excluding hydrogens is 437 g/mol. The molecule has 2 N–H and O–H groups in total. The first-order valence-corrected chi connectivity index (χ1v) is 10.1. The van der Waals surface area contributed by atoms with Gasteiger partial charge in [-0.25, -0.2) is 13.2 Å². The van der Waals surface area contributed by atoms with Gasteiger partial charge in [-0.1, -0.05) is 12.1 Å². The van der Waals surface area contributed by atoms with Crippen LogP contribution in [0, 0.1) is 0 Å². The number of anilines is 1. The van der Waals surface area contributed by atoms with E-state index in [0.29, 0.717) is 11.6 Å². The van der Waals surface area contributed by atoms with Crippen LogP contribution in [0.2, 0.25) is 0 Å². The molecule has 0 radical (unpaired) electrons. The van der Waals surface area contributed by atoms with Crippen LogP contribution in [0.1, 0.15) is 15.9 Å². The maximum Gasteiger partial charge on any atom is 0.416 e. The molecule has 0 bridgehead atoms. The molecule has 3 aromatic rings. The molecule has 0 atom stereocenters. The molecule has 3 rings (SSSR count). The summed E-state index contributed by atoms with van der Waals surface area (Å²) < 4.78 is 72.9. The molecule has 0 aliphatic heterocycles. The van der Waals surface area contributed by atoms with Crippen LogP contribution >= 0.6 is 0 Å². The van der Waals surface area contributed by atoms with Crippen LogP contribution < -0.4 is 9.46 Å². The third-order valence-corrected chi connectivity index (χ3v) is 5.65. The Hall–Kier alpha value is -3.60. The number of alkyl halides is 3. The minimum atomic E-state index is -4.71. The zero-order valence-corrected chi connectivity index (χ0v) is 16.7. The number of carboxylic acids is 1. The van der Waals surface area contributed by atoms with E-state index in [9.17, 15) is 26.4 Å². The number of carboxylic acid groups (broad SMARTS) is 1. The van der Waals surface area contributed by atoms with E-state index in [1.165, 1.54) is 19.5 Å². The molecule has 0 saturated carbocycles. The number of ether oxygens (including phenoxy) is 1. The lowest BCUT2D eigenvalue weighted by atomic mass is 10.0. The molecule has 0 aliphatic rings. The maximum atomic E-state index is 13.2. The fourth-order valence-electron chi connectivity index (χ4n) is 2.80. The van der Waals surface area contributed by atoms with Gasteiger partial charge in [-0.05, 0) is 36.4 Å². The largest absolute Gasteiger partial charge is 0.495 e. The van der Waals surface area contributed by atoms with Crippen LogP contribution in [0.5, 0.6) is 5.75 Å². The fraction of sp³-hybridized carbons (Fsp3) is 0.100. The monoisotopic (exact) mass is 452 g/mol. The zero-order valence-electron chi connectivity index (χ0n) is 15.8. The molecule has 0 unspecified atom stereocenters. The van der Waals surface area contributed by atoms with Crippen molar-refractivity contribution in [2.24, 2.45) is 0 Å². The van der Waals surface area contributed by atoms with Crippen molar-refractivity contribution < 1.29 is 36.2 Å². The Bertz CT molecular complexity index is 1230. The predicted molar refractivity (Wildman–Crippen MR) is 105 cm³/mol.